The number of hydrogen-bond donors (Lipinski definition) is 1. The molecule has 0 radical (unpaired) electrons. The third-order valence-corrected chi connectivity index (χ3v) is 4.74. The lowest BCUT2D eigenvalue weighted by Crippen LogP contribution is -2.06. The zero-order chi connectivity index (χ0) is 13.2. The summed E-state index contributed by atoms with van der Waals surface area (Å²) in [5.41, 5.74) is 2.04. The van der Waals surface area contributed by atoms with Crippen molar-refractivity contribution in [2.24, 2.45) is 13.0 Å². The van der Waals surface area contributed by atoms with Crippen LogP contribution in [-0.2, 0) is 11.8 Å². The number of nitrogens with one attached hydrogen (secondary N) is 1. The van der Waals surface area contributed by atoms with Crippen LogP contribution in [0.4, 0.5) is 5.13 Å². The van der Waals surface area contributed by atoms with E-state index in [1.54, 1.807) is 11.3 Å². The van der Waals surface area contributed by atoms with E-state index < -0.39 is 0 Å². The maximum atomic E-state index is 5.39. The first-order valence-electron chi connectivity index (χ1n) is 6.86. The van der Waals surface area contributed by atoms with Gasteiger partial charge in [-0.2, -0.15) is 5.10 Å². The van der Waals surface area contributed by atoms with Crippen molar-refractivity contribution < 1.29 is 4.74 Å². The minimum absolute atomic E-state index is 0.767. The van der Waals surface area contributed by atoms with E-state index in [2.05, 4.69) is 15.4 Å². The van der Waals surface area contributed by atoms with Crippen LogP contribution in [0.3, 0.4) is 0 Å². The molecule has 0 aliphatic carbocycles. The van der Waals surface area contributed by atoms with Crippen molar-refractivity contribution >= 4 is 26.8 Å². The number of ether oxygens (including phenoxy) is 1. The molecule has 3 rings (SSSR count). The van der Waals surface area contributed by atoms with Crippen LogP contribution in [0.15, 0.2) is 0 Å². The lowest BCUT2D eigenvalue weighted by Gasteiger charge is -2.07. The van der Waals surface area contributed by atoms with Gasteiger partial charge in [-0.05, 0) is 32.1 Å². The van der Waals surface area contributed by atoms with Crippen molar-refractivity contribution in [2.75, 3.05) is 25.1 Å². The minimum atomic E-state index is 0.767. The smallest absolute Gasteiger partial charge is 0.185 e. The summed E-state index contributed by atoms with van der Waals surface area (Å²) in [6.45, 7) is 4.92. The fraction of sp³-hybridized carbons (Fsp3) is 0.692. The summed E-state index contributed by atoms with van der Waals surface area (Å²) >= 11 is 1.70. The SMILES string of the molecule is Cc1nn(C)c2nc(NCCC[C@H]3CCOC3)sc12. The van der Waals surface area contributed by atoms with Crippen molar-refractivity contribution in [2.45, 2.75) is 26.2 Å². The van der Waals surface area contributed by atoms with E-state index in [9.17, 15) is 0 Å². The second-order valence-corrected chi connectivity index (χ2v) is 6.18. The van der Waals surface area contributed by atoms with Crippen molar-refractivity contribution in [3.63, 3.8) is 0 Å². The first-order valence-corrected chi connectivity index (χ1v) is 7.67. The molecule has 19 heavy (non-hydrogen) atoms. The molecule has 0 aromatic carbocycles. The Morgan fingerprint density at radius 3 is 3.16 bits per heavy atom. The van der Waals surface area contributed by atoms with Crippen LogP contribution in [0.25, 0.3) is 10.3 Å². The molecule has 1 saturated heterocycles. The summed E-state index contributed by atoms with van der Waals surface area (Å²) in [6.07, 6.45) is 3.66. The van der Waals surface area contributed by atoms with Gasteiger partial charge in [0.1, 0.15) is 0 Å². The Morgan fingerprint density at radius 1 is 1.53 bits per heavy atom. The molecular weight excluding hydrogens is 260 g/mol. The molecule has 0 spiro atoms. The van der Waals surface area contributed by atoms with Crippen molar-refractivity contribution in [3.8, 4) is 0 Å². The molecule has 1 atom stereocenters. The first-order chi connectivity index (χ1) is 9.24. The summed E-state index contributed by atoms with van der Waals surface area (Å²) in [7, 11) is 1.94. The Bertz CT molecular complexity index is 522. The number of anilines is 1. The fourth-order valence-electron chi connectivity index (χ4n) is 2.56. The third kappa shape index (κ3) is 2.74. The van der Waals surface area contributed by atoms with Crippen LogP contribution in [0.5, 0.6) is 0 Å². The Balaban J connectivity index is 1.52. The van der Waals surface area contributed by atoms with E-state index in [0.717, 1.165) is 42.1 Å². The Labute approximate surface area is 117 Å². The van der Waals surface area contributed by atoms with Gasteiger partial charge in [-0.1, -0.05) is 11.3 Å². The molecule has 0 saturated carbocycles. The largest absolute Gasteiger partial charge is 0.381 e. The fourth-order valence-corrected chi connectivity index (χ4v) is 3.51. The van der Waals surface area contributed by atoms with Crippen molar-refractivity contribution in [1.82, 2.24) is 14.8 Å². The van der Waals surface area contributed by atoms with E-state index in [0.29, 0.717) is 0 Å². The molecule has 104 valence electrons. The molecule has 5 nitrogen and oxygen atoms in total. The van der Waals surface area contributed by atoms with Crippen LogP contribution in [0.2, 0.25) is 0 Å². The number of rotatable bonds is 5. The molecule has 1 aliphatic heterocycles. The minimum Gasteiger partial charge on any atom is -0.381 e. The Morgan fingerprint density at radius 2 is 2.42 bits per heavy atom. The predicted octanol–water partition coefficient (Wildman–Crippen LogP) is 2.57. The molecule has 2 aromatic heterocycles. The van der Waals surface area contributed by atoms with Gasteiger partial charge in [-0.15, -0.1) is 0 Å². The van der Waals surface area contributed by atoms with Gasteiger partial charge in [-0.3, -0.25) is 0 Å². The highest BCUT2D eigenvalue weighted by Crippen LogP contribution is 2.28. The van der Waals surface area contributed by atoms with Crippen molar-refractivity contribution in [1.29, 1.82) is 0 Å². The van der Waals surface area contributed by atoms with Gasteiger partial charge in [0.25, 0.3) is 0 Å². The summed E-state index contributed by atoms with van der Waals surface area (Å²) < 4.78 is 8.43. The maximum Gasteiger partial charge on any atom is 0.185 e. The third-order valence-electron chi connectivity index (χ3n) is 3.63. The van der Waals surface area contributed by atoms with Crippen LogP contribution in [0.1, 0.15) is 25.0 Å². The Hall–Kier alpha value is -1.14. The van der Waals surface area contributed by atoms with Gasteiger partial charge in [0, 0.05) is 26.8 Å². The number of nitrogens with zero attached hydrogens (tertiary/aromatic N) is 3. The lowest BCUT2D eigenvalue weighted by molar-refractivity contribution is 0.184. The number of aryl methyl sites for hydroxylation is 2. The van der Waals surface area contributed by atoms with E-state index in [1.807, 2.05) is 18.7 Å². The highest BCUT2D eigenvalue weighted by molar-refractivity contribution is 7.22. The standard InChI is InChI=1S/C13H20N4OS/c1-9-11-12(17(2)16-9)15-13(19-11)14-6-3-4-10-5-7-18-8-10/h10H,3-8H2,1-2H3,(H,14,15)/t10-/m0/s1. The molecule has 0 bridgehead atoms. The highest BCUT2D eigenvalue weighted by atomic mass is 32.1. The number of aromatic nitrogens is 3. The Kier molecular flexibility index (Phi) is 3.70. The normalized spacial score (nSPS) is 19.4. The average Bonchev–Trinajstić information content (AvgIpc) is 3.07. The number of fused-ring (bicyclic) bond motifs is 1. The van der Waals surface area contributed by atoms with Gasteiger partial charge in [0.2, 0.25) is 0 Å². The molecule has 1 aliphatic rings. The molecule has 0 unspecified atom stereocenters. The molecule has 0 amide bonds. The van der Waals surface area contributed by atoms with E-state index in [-0.39, 0.29) is 0 Å². The second-order valence-electron chi connectivity index (χ2n) is 5.18. The predicted molar refractivity (Wildman–Crippen MR) is 77.8 cm³/mol. The summed E-state index contributed by atoms with van der Waals surface area (Å²) in [4.78, 5) is 4.59. The highest BCUT2D eigenvalue weighted by Gasteiger charge is 2.15. The van der Waals surface area contributed by atoms with Crippen LogP contribution in [0, 0.1) is 12.8 Å². The number of hydrogen-bond acceptors (Lipinski definition) is 5. The zero-order valence-corrected chi connectivity index (χ0v) is 12.3. The van der Waals surface area contributed by atoms with Gasteiger partial charge < -0.3 is 10.1 Å². The first kappa shape index (κ1) is 12.9. The molecule has 6 heteroatoms. The van der Waals surface area contributed by atoms with E-state index >= 15 is 0 Å². The molecule has 3 heterocycles. The van der Waals surface area contributed by atoms with E-state index in [4.69, 9.17) is 4.74 Å². The second kappa shape index (κ2) is 5.46. The lowest BCUT2D eigenvalue weighted by atomic mass is 10.0. The molecule has 1 N–H and O–H groups in total. The molecule has 1 fully saturated rings. The molecular formula is C13H20N4OS. The van der Waals surface area contributed by atoms with Crippen LogP contribution < -0.4 is 5.32 Å². The van der Waals surface area contributed by atoms with Crippen LogP contribution >= 0.6 is 11.3 Å². The van der Waals surface area contributed by atoms with Gasteiger partial charge in [-0.25, -0.2) is 9.67 Å². The monoisotopic (exact) mass is 280 g/mol. The summed E-state index contributed by atoms with van der Waals surface area (Å²) in [5, 5.41) is 8.80. The maximum absolute atomic E-state index is 5.39. The molecule has 2 aromatic rings. The number of thiazole rings is 1. The summed E-state index contributed by atoms with van der Waals surface area (Å²) in [6, 6.07) is 0. The zero-order valence-electron chi connectivity index (χ0n) is 11.5. The average molecular weight is 280 g/mol. The quantitative estimate of drug-likeness (QED) is 0.855. The van der Waals surface area contributed by atoms with Gasteiger partial charge in [0.05, 0.1) is 10.4 Å². The topological polar surface area (TPSA) is 52.0 Å². The van der Waals surface area contributed by atoms with E-state index in [1.165, 1.54) is 24.0 Å². The van der Waals surface area contributed by atoms with Gasteiger partial charge in [0.15, 0.2) is 10.8 Å². The van der Waals surface area contributed by atoms with Crippen LogP contribution in [-0.4, -0.2) is 34.5 Å². The van der Waals surface area contributed by atoms with Crippen molar-refractivity contribution in [3.05, 3.63) is 5.69 Å². The van der Waals surface area contributed by atoms with Gasteiger partial charge >= 0.3 is 0 Å². The summed E-state index contributed by atoms with van der Waals surface area (Å²) in [5.74, 6) is 0.767.